The first-order valence-corrected chi connectivity index (χ1v) is 7.30. The molecule has 0 radical (unpaired) electrons. The van der Waals surface area contributed by atoms with E-state index in [2.05, 4.69) is 15.1 Å². The van der Waals surface area contributed by atoms with E-state index in [0.29, 0.717) is 36.8 Å². The van der Waals surface area contributed by atoms with E-state index in [1.54, 1.807) is 12.4 Å². The van der Waals surface area contributed by atoms with E-state index in [1.807, 2.05) is 0 Å². The predicted molar refractivity (Wildman–Crippen MR) is 74.8 cm³/mol. The lowest BCUT2D eigenvalue weighted by Crippen LogP contribution is -2.50. The molecule has 1 saturated carbocycles. The minimum absolute atomic E-state index is 0.0826. The van der Waals surface area contributed by atoms with Crippen molar-refractivity contribution in [1.82, 2.24) is 19.7 Å². The third kappa shape index (κ3) is 1.89. The summed E-state index contributed by atoms with van der Waals surface area (Å²) in [5.41, 5.74) is -0.292. The molecular formula is C14H15F2N5O. The van der Waals surface area contributed by atoms with Crippen molar-refractivity contribution in [1.29, 1.82) is 0 Å². The van der Waals surface area contributed by atoms with Gasteiger partial charge < -0.3 is 9.69 Å². The van der Waals surface area contributed by atoms with E-state index >= 15 is 0 Å². The van der Waals surface area contributed by atoms with Gasteiger partial charge in [0.05, 0.1) is 24.7 Å². The highest BCUT2D eigenvalue weighted by atomic mass is 19.3. The minimum atomic E-state index is -2.70. The number of carbonyl (C=O) groups is 1. The van der Waals surface area contributed by atoms with Gasteiger partial charge in [0.15, 0.2) is 5.65 Å². The zero-order chi connectivity index (χ0) is 15.4. The van der Waals surface area contributed by atoms with Crippen LogP contribution in [0.2, 0.25) is 0 Å². The van der Waals surface area contributed by atoms with Crippen molar-refractivity contribution >= 4 is 23.3 Å². The van der Waals surface area contributed by atoms with Gasteiger partial charge in [-0.15, -0.1) is 0 Å². The molecule has 0 aromatic carbocycles. The highest BCUT2D eigenvalue weighted by molar-refractivity contribution is 5.75. The van der Waals surface area contributed by atoms with Crippen molar-refractivity contribution in [3.8, 4) is 0 Å². The van der Waals surface area contributed by atoms with Crippen LogP contribution in [-0.4, -0.2) is 45.0 Å². The van der Waals surface area contributed by atoms with Crippen LogP contribution >= 0.6 is 0 Å². The Hall–Kier alpha value is -2.12. The number of piperidine rings is 1. The smallest absolute Gasteiger partial charge is 0.270 e. The molecule has 4 rings (SSSR count). The molecule has 2 fully saturated rings. The van der Waals surface area contributed by atoms with Gasteiger partial charge in [-0.1, -0.05) is 0 Å². The van der Waals surface area contributed by atoms with E-state index in [1.165, 1.54) is 9.58 Å². The first-order chi connectivity index (χ1) is 10.5. The summed E-state index contributed by atoms with van der Waals surface area (Å²) in [5.74, 6) is -2.43. The molecule has 1 spiro atoms. The molecule has 0 bridgehead atoms. The van der Waals surface area contributed by atoms with Crippen LogP contribution in [0.1, 0.15) is 19.3 Å². The highest BCUT2D eigenvalue weighted by Crippen LogP contribution is 2.61. The van der Waals surface area contributed by atoms with Crippen LogP contribution in [0.5, 0.6) is 0 Å². The van der Waals surface area contributed by atoms with Crippen LogP contribution in [0, 0.1) is 5.41 Å². The fraction of sp³-hybridized carbons (Fsp3) is 0.571. The predicted octanol–water partition coefficient (Wildman–Crippen LogP) is 1.65. The second-order valence-corrected chi connectivity index (χ2v) is 6.10. The van der Waals surface area contributed by atoms with Gasteiger partial charge in [-0.2, -0.15) is 10.1 Å². The average molecular weight is 307 g/mol. The van der Waals surface area contributed by atoms with Gasteiger partial charge in [-0.25, -0.2) is 18.4 Å². The van der Waals surface area contributed by atoms with Crippen molar-refractivity contribution < 1.29 is 13.6 Å². The van der Waals surface area contributed by atoms with Crippen molar-refractivity contribution in [3.63, 3.8) is 0 Å². The Bertz CT molecular complexity index is 740. The van der Waals surface area contributed by atoms with Crippen LogP contribution in [0.25, 0.3) is 11.0 Å². The summed E-state index contributed by atoms with van der Waals surface area (Å²) >= 11 is 0. The van der Waals surface area contributed by atoms with E-state index in [4.69, 9.17) is 0 Å². The van der Waals surface area contributed by atoms with Crippen LogP contribution < -0.4 is 4.90 Å². The average Bonchev–Trinajstić information content (AvgIpc) is 3.19. The van der Waals surface area contributed by atoms with Crippen molar-refractivity contribution in [2.24, 2.45) is 5.41 Å². The molecule has 0 atom stereocenters. The lowest BCUT2D eigenvalue weighted by molar-refractivity contribution is -0.108. The van der Waals surface area contributed by atoms with Gasteiger partial charge in [0.1, 0.15) is 6.29 Å². The Morgan fingerprint density at radius 2 is 2.09 bits per heavy atom. The second-order valence-electron chi connectivity index (χ2n) is 6.10. The SMILES string of the molecule is O=CCn1ncc2cnc(N3CCC4(CC4)C(F)(F)C3)nc21. The molecule has 2 aliphatic rings. The molecule has 2 aromatic heterocycles. The summed E-state index contributed by atoms with van der Waals surface area (Å²) in [4.78, 5) is 20.7. The van der Waals surface area contributed by atoms with E-state index in [0.717, 1.165) is 6.29 Å². The topological polar surface area (TPSA) is 63.9 Å². The number of hydrogen-bond acceptors (Lipinski definition) is 5. The number of rotatable bonds is 3. The standard InChI is InChI=1S/C14H15F2N5O/c15-14(16)9-20(4-3-13(14)1-2-13)12-17-7-10-8-18-21(5-6-22)11(10)19-12/h6-8H,1-5,9H2. The number of halogens is 2. The number of anilines is 1. The summed E-state index contributed by atoms with van der Waals surface area (Å²) in [6.45, 7) is 0.266. The Morgan fingerprint density at radius 3 is 2.77 bits per heavy atom. The largest absolute Gasteiger partial charge is 0.335 e. The van der Waals surface area contributed by atoms with E-state index in [9.17, 15) is 13.6 Å². The summed E-state index contributed by atoms with van der Waals surface area (Å²) in [6.07, 6.45) is 5.53. The third-order valence-corrected chi connectivity index (χ3v) is 4.77. The van der Waals surface area contributed by atoms with Gasteiger partial charge in [0, 0.05) is 18.2 Å². The molecule has 0 amide bonds. The number of carbonyl (C=O) groups excluding carboxylic acids is 1. The normalized spacial score (nSPS) is 22.2. The van der Waals surface area contributed by atoms with Gasteiger partial charge in [-0.05, 0) is 19.3 Å². The third-order valence-electron chi connectivity index (χ3n) is 4.77. The Morgan fingerprint density at radius 1 is 1.27 bits per heavy atom. The van der Waals surface area contributed by atoms with Gasteiger partial charge in [0.2, 0.25) is 5.95 Å². The molecule has 1 aliphatic carbocycles. The number of aldehydes is 1. The van der Waals surface area contributed by atoms with Gasteiger partial charge >= 0.3 is 0 Å². The number of alkyl halides is 2. The summed E-state index contributed by atoms with van der Waals surface area (Å²) in [5, 5.41) is 4.74. The monoisotopic (exact) mass is 307 g/mol. The zero-order valence-corrected chi connectivity index (χ0v) is 11.9. The molecule has 0 unspecified atom stereocenters. The van der Waals surface area contributed by atoms with Crippen molar-refractivity contribution in [2.75, 3.05) is 18.0 Å². The maximum Gasteiger partial charge on any atom is 0.270 e. The molecule has 1 aliphatic heterocycles. The van der Waals surface area contributed by atoms with Gasteiger partial charge in [0.25, 0.3) is 5.92 Å². The number of nitrogens with zero attached hydrogens (tertiary/aromatic N) is 5. The van der Waals surface area contributed by atoms with Crippen LogP contribution in [0.4, 0.5) is 14.7 Å². The summed E-state index contributed by atoms with van der Waals surface area (Å²) < 4.78 is 30.0. The zero-order valence-electron chi connectivity index (χ0n) is 11.9. The molecule has 116 valence electrons. The van der Waals surface area contributed by atoms with Gasteiger partial charge in [-0.3, -0.25) is 0 Å². The van der Waals surface area contributed by atoms with Crippen molar-refractivity contribution in [3.05, 3.63) is 12.4 Å². The lowest BCUT2D eigenvalue weighted by atomic mass is 9.89. The lowest BCUT2D eigenvalue weighted by Gasteiger charge is -2.38. The number of fused-ring (bicyclic) bond motifs is 1. The Labute approximate surface area is 125 Å². The minimum Gasteiger partial charge on any atom is -0.335 e. The second kappa shape index (κ2) is 4.44. The van der Waals surface area contributed by atoms with Crippen LogP contribution in [0.15, 0.2) is 12.4 Å². The number of aromatic nitrogens is 4. The molecule has 22 heavy (non-hydrogen) atoms. The maximum absolute atomic E-state index is 14.3. The molecular weight excluding hydrogens is 292 g/mol. The quantitative estimate of drug-likeness (QED) is 0.807. The fourth-order valence-electron chi connectivity index (χ4n) is 3.17. The molecule has 2 aromatic rings. The Kier molecular flexibility index (Phi) is 2.73. The highest BCUT2D eigenvalue weighted by Gasteiger charge is 2.63. The first-order valence-electron chi connectivity index (χ1n) is 7.30. The van der Waals surface area contributed by atoms with E-state index < -0.39 is 11.3 Å². The fourth-order valence-corrected chi connectivity index (χ4v) is 3.17. The Balaban J connectivity index is 1.66. The van der Waals surface area contributed by atoms with Crippen molar-refractivity contribution in [2.45, 2.75) is 31.7 Å². The van der Waals surface area contributed by atoms with Crippen LogP contribution in [0.3, 0.4) is 0 Å². The van der Waals surface area contributed by atoms with E-state index in [-0.39, 0.29) is 19.0 Å². The molecule has 0 N–H and O–H groups in total. The number of hydrogen-bond donors (Lipinski definition) is 0. The molecule has 6 nitrogen and oxygen atoms in total. The molecule has 3 heterocycles. The summed E-state index contributed by atoms with van der Waals surface area (Å²) in [6, 6.07) is 0. The molecule has 1 saturated heterocycles. The van der Waals surface area contributed by atoms with Crippen LogP contribution in [-0.2, 0) is 11.3 Å². The maximum atomic E-state index is 14.3. The summed E-state index contributed by atoms with van der Waals surface area (Å²) in [7, 11) is 0. The molecule has 8 heteroatoms. The first kappa shape index (κ1) is 13.5.